The average Bonchev–Trinajstić information content (AvgIpc) is 2.69. The second kappa shape index (κ2) is 9.26. The molecule has 138 valence electrons. The van der Waals surface area contributed by atoms with Crippen LogP contribution in [0, 0.1) is 0 Å². The maximum absolute atomic E-state index is 12.3. The quantitative estimate of drug-likeness (QED) is 0.734. The summed E-state index contributed by atoms with van der Waals surface area (Å²) >= 11 is 0. The number of hydrogen-bond acceptors (Lipinski definition) is 6. The third-order valence-corrected chi connectivity index (χ3v) is 3.58. The lowest BCUT2D eigenvalue weighted by Crippen LogP contribution is -2.36. The molecular weight excluding hydrogens is 338 g/mol. The maximum atomic E-state index is 12.3. The van der Waals surface area contributed by atoms with Crippen molar-refractivity contribution in [1.82, 2.24) is 15.6 Å². The van der Waals surface area contributed by atoms with E-state index in [2.05, 4.69) is 15.6 Å². The fraction of sp³-hybridized carbons (Fsp3) is 0.278. The van der Waals surface area contributed by atoms with Crippen molar-refractivity contribution < 1.29 is 23.8 Å². The van der Waals surface area contributed by atoms with Crippen LogP contribution in [0.5, 0.6) is 17.2 Å². The third kappa shape index (κ3) is 4.85. The number of nitrogens with zero attached hydrogens (tertiary/aromatic N) is 1. The molecule has 8 heteroatoms. The van der Waals surface area contributed by atoms with Gasteiger partial charge in [-0.2, -0.15) is 0 Å². The van der Waals surface area contributed by atoms with E-state index < -0.39 is 5.91 Å². The Labute approximate surface area is 151 Å². The van der Waals surface area contributed by atoms with Crippen molar-refractivity contribution in [2.45, 2.75) is 6.54 Å². The van der Waals surface area contributed by atoms with Crippen LogP contribution in [-0.2, 0) is 11.3 Å². The summed E-state index contributed by atoms with van der Waals surface area (Å²) in [6, 6.07) is 6.64. The number of benzene rings is 1. The first-order valence-electron chi connectivity index (χ1n) is 7.82. The summed E-state index contributed by atoms with van der Waals surface area (Å²) in [5.74, 6) is 0.380. The number of methoxy groups -OCH3 is 3. The molecule has 0 fully saturated rings. The standard InChI is InChI=1S/C18H21N3O5/c1-24-14-8-13(9-15(25-2)17(14)26-3)18(23)21-11-16(22)20-10-12-4-6-19-7-5-12/h4-9H,10-11H2,1-3H3,(H,20,22)(H,21,23). The van der Waals surface area contributed by atoms with Gasteiger partial charge in [0.05, 0.1) is 27.9 Å². The molecule has 0 aliphatic rings. The number of ether oxygens (including phenoxy) is 3. The van der Waals surface area contributed by atoms with Crippen LogP contribution in [0.25, 0.3) is 0 Å². The van der Waals surface area contributed by atoms with E-state index in [4.69, 9.17) is 14.2 Å². The van der Waals surface area contributed by atoms with Crippen LogP contribution >= 0.6 is 0 Å². The third-order valence-electron chi connectivity index (χ3n) is 3.58. The Hall–Kier alpha value is -3.29. The molecule has 0 unspecified atom stereocenters. The number of hydrogen-bond donors (Lipinski definition) is 2. The first kappa shape index (κ1) is 19.0. The topological polar surface area (TPSA) is 98.8 Å². The molecule has 2 rings (SSSR count). The van der Waals surface area contributed by atoms with E-state index in [0.717, 1.165) is 5.56 Å². The van der Waals surface area contributed by atoms with Crippen molar-refractivity contribution in [3.05, 3.63) is 47.8 Å². The number of carbonyl (C=O) groups is 2. The largest absolute Gasteiger partial charge is 0.493 e. The van der Waals surface area contributed by atoms with Crippen molar-refractivity contribution in [2.24, 2.45) is 0 Å². The van der Waals surface area contributed by atoms with Gasteiger partial charge in [-0.15, -0.1) is 0 Å². The fourth-order valence-corrected chi connectivity index (χ4v) is 2.24. The molecule has 2 aromatic rings. The average molecular weight is 359 g/mol. The molecule has 0 aliphatic carbocycles. The van der Waals surface area contributed by atoms with E-state index in [0.29, 0.717) is 29.4 Å². The van der Waals surface area contributed by atoms with E-state index in [1.807, 2.05) is 0 Å². The summed E-state index contributed by atoms with van der Waals surface area (Å²) in [5.41, 5.74) is 1.21. The molecule has 1 aromatic carbocycles. The first-order valence-corrected chi connectivity index (χ1v) is 7.82. The minimum absolute atomic E-state index is 0.152. The normalized spacial score (nSPS) is 9.96. The van der Waals surface area contributed by atoms with Gasteiger partial charge in [0.1, 0.15) is 0 Å². The molecule has 2 amide bonds. The van der Waals surface area contributed by atoms with Gasteiger partial charge in [0, 0.05) is 24.5 Å². The Balaban J connectivity index is 1.95. The van der Waals surface area contributed by atoms with E-state index in [9.17, 15) is 9.59 Å². The molecule has 2 N–H and O–H groups in total. The summed E-state index contributed by atoms with van der Waals surface area (Å²) in [5, 5.41) is 5.28. The van der Waals surface area contributed by atoms with Crippen molar-refractivity contribution in [3.63, 3.8) is 0 Å². The Kier molecular flexibility index (Phi) is 6.78. The predicted octanol–water partition coefficient (Wildman–Crippen LogP) is 1.15. The zero-order chi connectivity index (χ0) is 18.9. The number of rotatable bonds is 8. The number of nitrogens with one attached hydrogen (secondary N) is 2. The van der Waals surface area contributed by atoms with Crippen molar-refractivity contribution in [1.29, 1.82) is 0 Å². The predicted molar refractivity (Wildman–Crippen MR) is 94.5 cm³/mol. The molecule has 1 aromatic heterocycles. The summed E-state index contributed by atoms with van der Waals surface area (Å²) in [6.07, 6.45) is 3.29. The molecule has 8 nitrogen and oxygen atoms in total. The second-order valence-corrected chi connectivity index (χ2v) is 5.23. The van der Waals surface area contributed by atoms with Crippen LogP contribution < -0.4 is 24.8 Å². The lowest BCUT2D eigenvalue weighted by molar-refractivity contribution is -0.120. The highest BCUT2D eigenvalue weighted by atomic mass is 16.5. The highest BCUT2D eigenvalue weighted by Gasteiger charge is 2.17. The molecule has 1 heterocycles. The monoisotopic (exact) mass is 359 g/mol. The fourth-order valence-electron chi connectivity index (χ4n) is 2.24. The van der Waals surface area contributed by atoms with Gasteiger partial charge in [-0.05, 0) is 29.8 Å². The summed E-state index contributed by atoms with van der Waals surface area (Å²) in [7, 11) is 4.41. The van der Waals surface area contributed by atoms with Gasteiger partial charge in [-0.25, -0.2) is 0 Å². The molecule has 0 atom stereocenters. The molecule has 0 saturated heterocycles. The van der Waals surface area contributed by atoms with Crippen LogP contribution in [0.3, 0.4) is 0 Å². The van der Waals surface area contributed by atoms with Crippen molar-refractivity contribution >= 4 is 11.8 Å². The minimum Gasteiger partial charge on any atom is -0.493 e. The molecule has 0 aliphatic heterocycles. The Morgan fingerprint density at radius 1 is 0.962 bits per heavy atom. The highest BCUT2D eigenvalue weighted by Crippen LogP contribution is 2.38. The SMILES string of the molecule is COc1cc(C(=O)NCC(=O)NCc2ccncc2)cc(OC)c1OC. The van der Waals surface area contributed by atoms with E-state index in [1.54, 1.807) is 24.5 Å². The van der Waals surface area contributed by atoms with Crippen LogP contribution in [0.2, 0.25) is 0 Å². The molecule has 0 saturated carbocycles. The lowest BCUT2D eigenvalue weighted by atomic mass is 10.1. The molecule has 0 bridgehead atoms. The van der Waals surface area contributed by atoms with Gasteiger partial charge >= 0.3 is 0 Å². The van der Waals surface area contributed by atoms with E-state index in [1.165, 1.54) is 33.5 Å². The zero-order valence-electron chi connectivity index (χ0n) is 14.9. The Bertz CT molecular complexity index is 740. The molecule has 0 spiro atoms. The van der Waals surface area contributed by atoms with E-state index >= 15 is 0 Å². The number of aromatic nitrogens is 1. The van der Waals surface area contributed by atoms with Crippen molar-refractivity contribution in [3.8, 4) is 17.2 Å². The molecule has 26 heavy (non-hydrogen) atoms. The van der Waals surface area contributed by atoms with Gasteiger partial charge in [0.2, 0.25) is 11.7 Å². The smallest absolute Gasteiger partial charge is 0.251 e. The number of amides is 2. The van der Waals surface area contributed by atoms with Crippen LogP contribution in [0.4, 0.5) is 0 Å². The van der Waals surface area contributed by atoms with Crippen LogP contribution in [-0.4, -0.2) is 44.7 Å². The van der Waals surface area contributed by atoms with Crippen molar-refractivity contribution in [2.75, 3.05) is 27.9 Å². The zero-order valence-corrected chi connectivity index (χ0v) is 14.9. The molecular formula is C18H21N3O5. The van der Waals surface area contributed by atoms with Gasteiger partial charge < -0.3 is 24.8 Å². The van der Waals surface area contributed by atoms with E-state index in [-0.39, 0.29) is 12.5 Å². The summed E-state index contributed by atoms with van der Waals surface area (Å²) in [4.78, 5) is 28.1. The maximum Gasteiger partial charge on any atom is 0.251 e. The van der Waals surface area contributed by atoms with Crippen LogP contribution in [0.15, 0.2) is 36.7 Å². The highest BCUT2D eigenvalue weighted by molar-refractivity contribution is 5.97. The number of carbonyl (C=O) groups excluding carboxylic acids is 2. The Morgan fingerprint density at radius 3 is 2.12 bits per heavy atom. The lowest BCUT2D eigenvalue weighted by Gasteiger charge is -2.14. The second-order valence-electron chi connectivity index (χ2n) is 5.23. The summed E-state index contributed by atoms with van der Waals surface area (Å²) in [6.45, 7) is 0.210. The first-order chi connectivity index (χ1) is 12.6. The summed E-state index contributed by atoms with van der Waals surface area (Å²) < 4.78 is 15.6. The van der Waals surface area contributed by atoms with Gasteiger partial charge in [0.15, 0.2) is 11.5 Å². The Morgan fingerprint density at radius 2 is 1.58 bits per heavy atom. The van der Waals surface area contributed by atoms with Gasteiger partial charge in [-0.1, -0.05) is 0 Å². The molecule has 0 radical (unpaired) electrons. The van der Waals surface area contributed by atoms with Gasteiger partial charge in [-0.3, -0.25) is 14.6 Å². The number of pyridine rings is 1. The van der Waals surface area contributed by atoms with Gasteiger partial charge in [0.25, 0.3) is 5.91 Å². The minimum atomic E-state index is -0.427. The van der Waals surface area contributed by atoms with Crippen LogP contribution in [0.1, 0.15) is 15.9 Å².